The van der Waals surface area contributed by atoms with Crippen LogP contribution < -0.4 is 16.8 Å². The van der Waals surface area contributed by atoms with Crippen molar-refractivity contribution >= 4 is 40.3 Å². The van der Waals surface area contributed by atoms with Crippen molar-refractivity contribution in [1.82, 2.24) is 4.98 Å². The molecule has 6 nitrogen and oxygen atoms in total. The Balaban J connectivity index is 1.89. The van der Waals surface area contributed by atoms with Crippen molar-refractivity contribution in [2.45, 2.75) is 18.9 Å². The zero-order valence-electron chi connectivity index (χ0n) is 14.8. The van der Waals surface area contributed by atoms with Crippen LogP contribution in [0.4, 0.5) is 15.8 Å². The highest BCUT2D eigenvalue weighted by atomic mass is 32.2. The molecule has 140 valence electrons. The van der Waals surface area contributed by atoms with E-state index in [0.29, 0.717) is 28.4 Å². The van der Waals surface area contributed by atoms with E-state index in [9.17, 15) is 9.18 Å². The molecular weight excluding hydrogens is 365 g/mol. The van der Waals surface area contributed by atoms with Crippen molar-refractivity contribution < 1.29 is 9.18 Å². The summed E-state index contributed by atoms with van der Waals surface area (Å²) in [6.07, 6.45) is 3.74. The summed E-state index contributed by atoms with van der Waals surface area (Å²) in [5.41, 5.74) is 12.8. The van der Waals surface area contributed by atoms with Crippen LogP contribution in [0.1, 0.15) is 35.0 Å². The lowest BCUT2D eigenvalue weighted by Gasteiger charge is -2.30. The summed E-state index contributed by atoms with van der Waals surface area (Å²) in [4.78, 5) is 21.0. The van der Waals surface area contributed by atoms with E-state index in [2.05, 4.69) is 21.9 Å². The number of aromatic nitrogens is 1. The number of carbonyl (C=O) groups is 1. The van der Waals surface area contributed by atoms with Crippen LogP contribution in [0.5, 0.6) is 0 Å². The number of halogens is 1. The Morgan fingerprint density at radius 2 is 2.19 bits per heavy atom. The summed E-state index contributed by atoms with van der Waals surface area (Å²) in [5, 5.41) is 3.14. The van der Waals surface area contributed by atoms with E-state index >= 15 is 0 Å². The molecule has 2 heterocycles. The smallest absolute Gasteiger partial charge is 0.276 e. The number of carbonyl (C=O) groups excluding carboxylic acids is 1. The molecule has 1 amide bonds. The predicted octanol–water partition coefficient (Wildman–Crippen LogP) is 3.37. The van der Waals surface area contributed by atoms with E-state index in [-0.39, 0.29) is 11.4 Å². The number of benzene rings is 1. The fraction of sp³-hybridized carbons (Fsp3) is 0.211. The Bertz CT molecular complexity index is 946. The molecular formula is C19H20FN5OS. The van der Waals surface area contributed by atoms with Crippen LogP contribution in [-0.4, -0.2) is 21.8 Å². The molecule has 0 bridgehead atoms. The average Bonchev–Trinajstić information content (AvgIpc) is 2.62. The number of nitrogens with zero attached hydrogens (tertiary/aromatic N) is 2. The number of nitrogens with two attached hydrogens (primary N) is 2. The zero-order chi connectivity index (χ0) is 19.6. The second-order valence-electron chi connectivity index (χ2n) is 6.38. The topological polar surface area (TPSA) is 106 Å². The van der Waals surface area contributed by atoms with Crippen LogP contribution in [0, 0.1) is 5.82 Å². The van der Waals surface area contributed by atoms with Crippen molar-refractivity contribution in [1.29, 1.82) is 0 Å². The van der Waals surface area contributed by atoms with Crippen LogP contribution in [0.15, 0.2) is 42.0 Å². The van der Waals surface area contributed by atoms with E-state index in [1.807, 2.05) is 6.92 Å². The highest BCUT2D eigenvalue weighted by molar-refractivity contribution is 8.13. The van der Waals surface area contributed by atoms with Crippen molar-refractivity contribution in [3.8, 4) is 0 Å². The lowest BCUT2D eigenvalue weighted by atomic mass is 9.89. The molecule has 1 aromatic heterocycles. The number of anilines is 2. The monoisotopic (exact) mass is 385 g/mol. The molecule has 8 heteroatoms. The van der Waals surface area contributed by atoms with Gasteiger partial charge in [0, 0.05) is 23.2 Å². The maximum absolute atomic E-state index is 14.5. The summed E-state index contributed by atoms with van der Waals surface area (Å²) in [5.74, 6) is -0.127. The van der Waals surface area contributed by atoms with Crippen LogP contribution in [-0.2, 0) is 5.54 Å². The van der Waals surface area contributed by atoms with Crippen LogP contribution in [0.25, 0.3) is 6.08 Å². The Hall–Kier alpha value is -2.87. The molecule has 1 aliphatic heterocycles. The minimum Gasteiger partial charge on any atom is -0.397 e. The molecule has 1 aromatic carbocycles. The molecule has 0 fully saturated rings. The zero-order valence-corrected chi connectivity index (χ0v) is 15.6. The molecule has 0 saturated heterocycles. The summed E-state index contributed by atoms with van der Waals surface area (Å²) < 4.78 is 14.5. The van der Waals surface area contributed by atoms with Gasteiger partial charge in [-0.25, -0.2) is 9.37 Å². The van der Waals surface area contributed by atoms with Gasteiger partial charge in [-0.1, -0.05) is 24.4 Å². The molecule has 0 aliphatic carbocycles. The first kappa shape index (κ1) is 18.9. The standard InChI is InChI=1S/C19H20FN5OS/c1-3-11-8-15(21)16(23-10-11)17(26)24-12-4-5-14(20)13(9-12)19(2)6-7-27-18(22)25-19/h3-5,8-10H,1,6-7,21H2,2H3,(H2,22,25)(H,24,26). The Kier molecular flexibility index (Phi) is 5.18. The number of nitrogens with one attached hydrogen (secondary N) is 1. The molecule has 1 atom stereocenters. The normalized spacial score (nSPS) is 19.3. The van der Waals surface area contributed by atoms with Gasteiger partial charge in [-0.15, -0.1) is 0 Å². The van der Waals surface area contributed by atoms with Gasteiger partial charge in [-0.2, -0.15) is 0 Å². The van der Waals surface area contributed by atoms with Crippen molar-refractivity contribution in [3.05, 3.63) is 59.7 Å². The third-order valence-electron chi connectivity index (χ3n) is 4.39. The molecule has 0 spiro atoms. The number of thioether (sulfide) groups is 1. The molecule has 27 heavy (non-hydrogen) atoms. The Morgan fingerprint density at radius 1 is 1.41 bits per heavy atom. The third-order valence-corrected chi connectivity index (χ3v) is 5.18. The molecule has 0 radical (unpaired) electrons. The van der Waals surface area contributed by atoms with Gasteiger partial charge in [-0.05, 0) is 43.2 Å². The number of amides is 1. The minimum atomic E-state index is -0.775. The van der Waals surface area contributed by atoms with Gasteiger partial charge in [0.05, 0.1) is 11.2 Å². The van der Waals surface area contributed by atoms with Crippen LogP contribution in [0.3, 0.4) is 0 Å². The van der Waals surface area contributed by atoms with Crippen molar-refractivity contribution in [2.24, 2.45) is 10.7 Å². The minimum absolute atomic E-state index is 0.0917. The third kappa shape index (κ3) is 3.95. The highest BCUT2D eigenvalue weighted by Crippen LogP contribution is 2.37. The van der Waals surface area contributed by atoms with Gasteiger partial charge in [0.2, 0.25) is 0 Å². The first-order valence-electron chi connectivity index (χ1n) is 8.30. The van der Waals surface area contributed by atoms with Crippen molar-refractivity contribution in [3.63, 3.8) is 0 Å². The van der Waals surface area contributed by atoms with Gasteiger partial charge in [-0.3, -0.25) is 9.79 Å². The molecule has 1 unspecified atom stereocenters. The lowest BCUT2D eigenvalue weighted by Crippen LogP contribution is -2.30. The number of pyridine rings is 1. The van der Waals surface area contributed by atoms with Crippen molar-refractivity contribution in [2.75, 3.05) is 16.8 Å². The van der Waals surface area contributed by atoms with E-state index in [0.717, 1.165) is 5.75 Å². The van der Waals surface area contributed by atoms with E-state index in [1.54, 1.807) is 18.2 Å². The Morgan fingerprint density at radius 3 is 2.85 bits per heavy atom. The molecule has 3 rings (SSSR count). The number of nitrogen functional groups attached to an aromatic ring is 1. The first-order chi connectivity index (χ1) is 12.8. The predicted molar refractivity (Wildman–Crippen MR) is 109 cm³/mol. The fourth-order valence-electron chi connectivity index (χ4n) is 2.89. The first-order valence-corrected chi connectivity index (χ1v) is 9.28. The molecule has 1 aliphatic rings. The summed E-state index contributed by atoms with van der Waals surface area (Å²) >= 11 is 1.44. The number of hydrogen-bond donors (Lipinski definition) is 3. The number of aliphatic imine (C=N–C) groups is 1. The maximum Gasteiger partial charge on any atom is 0.276 e. The lowest BCUT2D eigenvalue weighted by molar-refractivity contribution is 0.102. The summed E-state index contributed by atoms with van der Waals surface area (Å²) in [6, 6.07) is 5.98. The highest BCUT2D eigenvalue weighted by Gasteiger charge is 2.32. The van der Waals surface area contributed by atoms with Gasteiger partial charge in [0.1, 0.15) is 5.82 Å². The van der Waals surface area contributed by atoms with Crippen LogP contribution >= 0.6 is 11.8 Å². The van der Waals surface area contributed by atoms with E-state index in [4.69, 9.17) is 11.5 Å². The summed E-state index contributed by atoms with van der Waals surface area (Å²) in [6.45, 7) is 5.47. The van der Waals surface area contributed by atoms with Crippen LogP contribution in [0.2, 0.25) is 0 Å². The maximum atomic E-state index is 14.5. The Labute approximate surface area is 161 Å². The summed E-state index contributed by atoms with van der Waals surface area (Å²) in [7, 11) is 0. The number of amidine groups is 1. The van der Waals surface area contributed by atoms with Gasteiger partial charge < -0.3 is 16.8 Å². The molecule has 5 N–H and O–H groups in total. The quantitative estimate of drug-likeness (QED) is 0.748. The average molecular weight is 385 g/mol. The van der Waals surface area contributed by atoms with E-state index in [1.165, 1.54) is 30.1 Å². The fourth-order valence-corrected chi connectivity index (χ4v) is 3.86. The van der Waals surface area contributed by atoms with Gasteiger partial charge >= 0.3 is 0 Å². The largest absolute Gasteiger partial charge is 0.397 e. The van der Waals surface area contributed by atoms with Gasteiger partial charge in [0.15, 0.2) is 10.9 Å². The van der Waals surface area contributed by atoms with Gasteiger partial charge in [0.25, 0.3) is 5.91 Å². The number of hydrogen-bond acceptors (Lipinski definition) is 6. The molecule has 0 saturated carbocycles. The van der Waals surface area contributed by atoms with E-state index < -0.39 is 17.3 Å². The second-order valence-corrected chi connectivity index (χ2v) is 7.50. The number of rotatable bonds is 4. The second kappa shape index (κ2) is 7.40. The SMILES string of the molecule is C=Cc1cnc(C(=O)Nc2ccc(F)c(C3(C)CCSC(N)=N3)c2)c(N)c1. The molecule has 2 aromatic rings.